The number of nitrogens with zero attached hydrogens (tertiary/aromatic N) is 1. The molecule has 0 aliphatic heterocycles. The maximum Gasteiger partial charge on any atom is 0.0851 e. The fraction of sp³-hybridized carbons (Fsp3) is 1.00. The molecular formula is C3H11IN2. The van der Waals surface area contributed by atoms with Crippen molar-refractivity contribution in [3.63, 3.8) is 0 Å². The molecule has 0 fully saturated rings. The molecule has 0 amide bonds. The van der Waals surface area contributed by atoms with E-state index in [1.54, 1.807) is 0 Å². The third-order valence-electron chi connectivity index (χ3n) is 0. The molecule has 0 atom stereocenters. The van der Waals surface area contributed by atoms with Crippen LogP contribution in [0.1, 0.15) is 0 Å². The first-order valence-corrected chi connectivity index (χ1v) is 1.60. The van der Waals surface area contributed by atoms with E-state index >= 15 is 0 Å². The second-order valence-electron chi connectivity index (χ2n) is 2.12. The Morgan fingerprint density at radius 3 is 1.17 bits per heavy atom. The van der Waals surface area contributed by atoms with E-state index in [0.717, 1.165) is 0 Å². The van der Waals surface area contributed by atoms with Crippen molar-refractivity contribution < 1.29 is 28.6 Å². The van der Waals surface area contributed by atoms with Crippen molar-refractivity contribution in [2.24, 2.45) is 5.84 Å². The van der Waals surface area contributed by atoms with Crippen LogP contribution in [0.2, 0.25) is 0 Å². The number of hydrogen-bond donors (Lipinski definition) is 1. The summed E-state index contributed by atoms with van der Waals surface area (Å²) in [7, 11) is 5.71. The van der Waals surface area contributed by atoms with E-state index in [0.29, 0.717) is 4.59 Å². The summed E-state index contributed by atoms with van der Waals surface area (Å²) >= 11 is 0. The van der Waals surface area contributed by atoms with Crippen LogP contribution in [0.4, 0.5) is 0 Å². The first kappa shape index (κ1) is 9.82. The van der Waals surface area contributed by atoms with Crippen molar-refractivity contribution in [2.45, 2.75) is 0 Å². The first-order chi connectivity index (χ1) is 2.00. The summed E-state index contributed by atoms with van der Waals surface area (Å²) < 4.78 is 0.500. The first-order valence-electron chi connectivity index (χ1n) is 1.60. The number of nitrogens with two attached hydrogens (primary N) is 1. The van der Waals surface area contributed by atoms with Crippen molar-refractivity contribution in [1.29, 1.82) is 0 Å². The summed E-state index contributed by atoms with van der Waals surface area (Å²) in [6.45, 7) is 0. The van der Waals surface area contributed by atoms with Crippen molar-refractivity contribution in [2.75, 3.05) is 21.1 Å². The topological polar surface area (TPSA) is 26.0 Å². The van der Waals surface area contributed by atoms with E-state index in [4.69, 9.17) is 5.84 Å². The van der Waals surface area contributed by atoms with Gasteiger partial charge in [0, 0.05) is 0 Å². The summed E-state index contributed by atoms with van der Waals surface area (Å²) in [6.07, 6.45) is 0. The molecule has 0 radical (unpaired) electrons. The second-order valence-corrected chi connectivity index (χ2v) is 2.12. The molecule has 0 bridgehead atoms. The summed E-state index contributed by atoms with van der Waals surface area (Å²) in [4.78, 5) is 0. The van der Waals surface area contributed by atoms with Crippen molar-refractivity contribution in [3.8, 4) is 0 Å². The molecule has 0 unspecified atom stereocenters. The van der Waals surface area contributed by atoms with Gasteiger partial charge >= 0.3 is 0 Å². The summed E-state index contributed by atoms with van der Waals surface area (Å²) in [5.41, 5.74) is 0. The summed E-state index contributed by atoms with van der Waals surface area (Å²) in [6, 6.07) is 0. The van der Waals surface area contributed by atoms with Gasteiger partial charge < -0.3 is 24.0 Å². The van der Waals surface area contributed by atoms with Crippen LogP contribution in [0.25, 0.3) is 0 Å². The van der Waals surface area contributed by atoms with Gasteiger partial charge in [-0.05, 0) is 0 Å². The SMILES string of the molecule is C[N+](C)(C)N.[I-]. The molecule has 0 saturated heterocycles. The molecule has 40 valence electrons. The Kier molecular flexibility index (Phi) is 4.52. The molecule has 2 nitrogen and oxygen atoms in total. The molecule has 0 aliphatic rings. The van der Waals surface area contributed by atoms with Gasteiger partial charge in [0.2, 0.25) is 0 Å². The van der Waals surface area contributed by atoms with Crippen LogP contribution in [0.15, 0.2) is 0 Å². The molecule has 6 heavy (non-hydrogen) atoms. The normalized spacial score (nSPS) is 10.0. The quantitative estimate of drug-likeness (QED) is 0.188. The van der Waals surface area contributed by atoms with Gasteiger partial charge in [-0.2, -0.15) is 5.84 Å². The lowest BCUT2D eigenvalue weighted by molar-refractivity contribution is -0.882. The van der Waals surface area contributed by atoms with E-state index in [-0.39, 0.29) is 24.0 Å². The smallest absolute Gasteiger partial charge is 0.0851 e. The Hall–Kier alpha value is 0.650. The highest BCUT2D eigenvalue weighted by molar-refractivity contribution is 3.80. The van der Waals surface area contributed by atoms with Crippen molar-refractivity contribution in [3.05, 3.63) is 0 Å². The molecule has 3 heteroatoms. The highest BCUT2D eigenvalue weighted by atomic mass is 127. The summed E-state index contributed by atoms with van der Waals surface area (Å²) in [5.74, 6) is 5.29. The van der Waals surface area contributed by atoms with Gasteiger partial charge in [-0.1, -0.05) is 0 Å². The zero-order valence-electron chi connectivity index (χ0n) is 4.40. The van der Waals surface area contributed by atoms with Gasteiger partial charge in [0.05, 0.1) is 21.1 Å². The van der Waals surface area contributed by atoms with Crippen LogP contribution in [0.5, 0.6) is 0 Å². The van der Waals surface area contributed by atoms with E-state index in [9.17, 15) is 0 Å². The van der Waals surface area contributed by atoms with Gasteiger partial charge in [-0.3, -0.25) is 4.59 Å². The van der Waals surface area contributed by atoms with Gasteiger partial charge in [-0.15, -0.1) is 0 Å². The molecule has 0 aromatic rings. The van der Waals surface area contributed by atoms with Crippen LogP contribution in [0.3, 0.4) is 0 Å². The van der Waals surface area contributed by atoms with Crippen LogP contribution >= 0.6 is 0 Å². The van der Waals surface area contributed by atoms with E-state index < -0.39 is 0 Å². The maximum absolute atomic E-state index is 5.29. The van der Waals surface area contributed by atoms with E-state index in [2.05, 4.69) is 0 Å². The zero-order chi connectivity index (χ0) is 4.50. The average Bonchev–Trinajstić information content (AvgIpc) is 0.722. The fourth-order valence-electron chi connectivity index (χ4n) is 0. The lowest BCUT2D eigenvalue weighted by Gasteiger charge is -2.12. The Morgan fingerprint density at radius 2 is 1.17 bits per heavy atom. The lowest BCUT2D eigenvalue weighted by atomic mass is 10.9. The van der Waals surface area contributed by atoms with Crippen LogP contribution in [0, 0.1) is 0 Å². The third-order valence-corrected chi connectivity index (χ3v) is 0. The van der Waals surface area contributed by atoms with Crippen LogP contribution in [-0.2, 0) is 0 Å². The van der Waals surface area contributed by atoms with Crippen molar-refractivity contribution >= 4 is 0 Å². The average molecular weight is 202 g/mol. The maximum atomic E-state index is 5.29. The van der Waals surface area contributed by atoms with Gasteiger partial charge in [0.15, 0.2) is 0 Å². The number of rotatable bonds is 0. The van der Waals surface area contributed by atoms with Gasteiger partial charge in [-0.25, -0.2) is 0 Å². The molecule has 0 saturated carbocycles. The van der Waals surface area contributed by atoms with Gasteiger partial charge in [0.1, 0.15) is 0 Å². The Bertz CT molecular complexity index is 24.3. The molecule has 0 aromatic carbocycles. The minimum atomic E-state index is 0. The molecular weight excluding hydrogens is 191 g/mol. The number of hydrogen-bond acceptors (Lipinski definition) is 1. The Labute approximate surface area is 55.9 Å². The lowest BCUT2D eigenvalue weighted by Crippen LogP contribution is -3.00. The second kappa shape index (κ2) is 2.76. The van der Waals surface area contributed by atoms with Gasteiger partial charge in [0.25, 0.3) is 0 Å². The largest absolute Gasteiger partial charge is 1.00 e. The third kappa shape index (κ3) is 147. The predicted molar refractivity (Wildman–Crippen MR) is 22.2 cm³/mol. The fourth-order valence-corrected chi connectivity index (χ4v) is 0. The molecule has 0 rings (SSSR count). The minimum absolute atomic E-state index is 0. The van der Waals surface area contributed by atoms with Crippen LogP contribution in [-0.4, -0.2) is 25.7 Å². The Morgan fingerprint density at radius 1 is 1.17 bits per heavy atom. The molecule has 0 spiro atoms. The minimum Gasteiger partial charge on any atom is -1.00 e. The van der Waals surface area contributed by atoms with Crippen molar-refractivity contribution in [1.82, 2.24) is 0 Å². The monoisotopic (exact) mass is 202 g/mol. The number of quaternary nitrogens is 1. The number of halogens is 1. The van der Waals surface area contributed by atoms with Crippen LogP contribution < -0.4 is 29.8 Å². The zero-order valence-corrected chi connectivity index (χ0v) is 6.56. The highest BCUT2D eigenvalue weighted by Crippen LogP contribution is 1.65. The standard InChI is InChI=1S/C3H11N2.HI/c1-5(2,3)4;/h4H2,1-3H3;1H/q+1;/p-1. The molecule has 2 N–H and O–H groups in total. The molecule has 0 aliphatic carbocycles. The van der Waals surface area contributed by atoms with E-state index in [1.165, 1.54) is 0 Å². The molecule has 0 heterocycles. The van der Waals surface area contributed by atoms with E-state index in [1.807, 2.05) is 21.1 Å². The predicted octanol–water partition coefficient (Wildman–Crippen LogP) is -3.43. The molecule has 0 aromatic heterocycles. The highest BCUT2D eigenvalue weighted by Gasteiger charge is 1.89. The Balaban J connectivity index is 0. The summed E-state index contributed by atoms with van der Waals surface area (Å²) in [5, 5.41) is 0.